The number of hydrogen-bond acceptors (Lipinski definition) is 3. The minimum absolute atomic E-state index is 0.0505. The molecule has 0 bridgehead atoms. The molecule has 4 nitrogen and oxygen atoms in total. The molecule has 0 saturated heterocycles. The lowest BCUT2D eigenvalue weighted by molar-refractivity contribution is 0.321. The van der Waals surface area contributed by atoms with Crippen LogP contribution in [0, 0.1) is 0 Å². The predicted octanol–water partition coefficient (Wildman–Crippen LogP) is 2.55. The van der Waals surface area contributed by atoms with Gasteiger partial charge in [0, 0.05) is 17.1 Å². The van der Waals surface area contributed by atoms with Crippen molar-refractivity contribution in [1.29, 1.82) is 0 Å². The molecule has 0 aliphatic rings. The molecule has 0 saturated carbocycles. The Kier molecular flexibility index (Phi) is 2.51. The average Bonchev–Trinajstić information content (AvgIpc) is 2.71. The van der Waals surface area contributed by atoms with Crippen molar-refractivity contribution in [3.63, 3.8) is 0 Å². The number of nitrogens with zero attached hydrogens (tertiary/aromatic N) is 1. The molecule has 0 fully saturated rings. The summed E-state index contributed by atoms with van der Waals surface area (Å²) in [5.41, 5.74) is 1.48. The van der Waals surface area contributed by atoms with Crippen LogP contribution in [0.25, 0.3) is 10.9 Å². The third-order valence-corrected chi connectivity index (χ3v) is 2.49. The maximum atomic E-state index is 8.60. The van der Waals surface area contributed by atoms with Crippen LogP contribution in [0.4, 0.5) is 0 Å². The van der Waals surface area contributed by atoms with Gasteiger partial charge in [0.25, 0.3) is 0 Å². The lowest BCUT2D eigenvalue weighted by Crippen LogP contribution is -1.88. The van der Waals surface area contributed by atoms with Crippen molar-refractivity contribution in [2.24, 2.45) is 5.16 Å². The third kappa shape index (κ3) is 1.53. The van der Waals surface area contributed by atoms with Crippen molar-refractivity contribution in [3.8, 4) is 5.75 Å². The van der Waals surface area contributed by atoms with Gasteiger partial charge in [0.15, 0.2) is 5.17 Å². The standard InChI is InChI=1S/C10H9ClN2O2/c1-15-8-4-2-3-6-7(10(11)13-14)5-12-9(6)8/h2-5,12,14H,1H3. The highest BCUT2D eigenvalue weighted by atomic mass is 35.5. The van der Waals surface area contributed by atoms with Gasteiger partial charge < -0.3 is 14.9 Å². The number of benzene rings is 1. The quantitative estimate of drug-likeness (QED) is 0.468. The van der Waals surface area contributed by atoms with Gasteiger partial charge in [-0.1, -0.05) is 28.9 Å². The van der Waals surface area contributed by atoms with E-state index in [9.17, 15) is 0 Å². The van der Waals surface area contributed by atoms with Gasteiger partial charge in [-0.05, 0) is 6.07 Å². The lowest BCUT2D eigenvalue weighted by Gasteiger charge is -2.00. The highest BCUT2D eigenvalue weighted by Crippen LogP contribution is 2.27. The molecule has 0 atom stereocenters. The van der Waals surface area contributed by atoms with Crippen molar-refractivity contribution in [2.75, 3.05) is 7.11 Å². The molecular weight excluding hydrogens is 216 g/mol. The van der Waals surface area contributed by atoms with Gasteiger partial charge >= 0.3 is 0 Å². The van der Waals surface area contributed by atoms with Crippen molar-refractivity contribution < 1.29 is 9.94 Å². The Morgan fingerprint density at radius 3 is 3.00 bits per heavy atom. The zero-order valence-corrected chi connectivity index (χ0v) is 8.75. The Hall–Kier alpha value is -1.68. The van der Waals surface area contributed by atoms with Gasteiger partial charge in [-0.2, -0.15) is 0 Å². The molecule has 0 aliphatic carbocycles. The number of nitrogens with one attached hydrogen (secondary N) is 1. The van der Waals surface area contributed by atoms with Crippen molar-refractivity contribution in [3.05, 3.63) is 30.0 Å². The first kappa shape index (κ1) is 9.86. The fourth-order valence-corrected chi connectivity index (χ4v) is 1.68. The zero-order chi connectivity index (χ0) is 10.8. The van der Waals surface area contributed by atoms with Gasteiger partial charge in [-0.25, -0.2) is 0 Å². The first-order valence-corrected chi connectivity index (χ1v) is 4.67. The van der Waals surface area contributed by atoms with Gasteiger partial charge in [0.1, 0.15) is 5.75 Å². The number of rotatable bonds is 2. The largest absolute Gasteiger partial charge is 0.495 e. The summed E-state index contributed by atoms with van der Waals surface area (Å²) in [6.07, 6.45) is 1.68. The van der Waals surface area contributed by atoms with E-state index in [1.165, 1.54) is 0 Å². The molecule has 1 aromatic heterocycles. The minimum atomic E-state index is 0.0505. The number of para-hydroxylation sites is 1. The van der Waals surface area contributed by atoms with Crippen molar-refractivity contribution >= 4 is 27.7 Å². The molecule has 15 heavy (non-hydrogen) atoms. The topological polar surface area (TPSA) is 57.6 Å². The Morgan fingerprint density at radius 1 is 1.53 bits per heavy atom. The van der Waals surface area contributed by atoms with Crippen LogP contribution < -0.4 is 4.74 Å². The summed E-state index contributed by atoms with van der Waals surface area (Å²) < 4.78 is 5.18. The molecule has 2 aromatic rings. The van der Waals surface area contributed by atoms with Crippen LogP contribution in [0.1, 0.15) is 5.56 Å². The maximum absolute atomic E-state index is 8.60. The number of aromatic nitrogens is 1. The molecule has 0 amide bonds. The minimum Gasteiger partial charge on any atom is -0.495 e. The van der Waals surface area contributed by atoms with E-state index in [1.54, 1.807) is 13.3 Å². The Bertz CT molecular complexity index is 519. The molecular formula is C10H9ClN2O2. The van der Waals surface area contributed by atoms with Crippen LogP contribution in [-0.2, 0) is 0 Å². The highest BCUT2D eigenvalue weighted by molar-refractivity contribution is 6.70. The second-order valence-electron chi connectivity index (χ2n) is 2.98. The van der Waals surface area contributed by atoms with E-state index in [-0.39, 0.29) is 5.17 Å². The number of H-pyrrole nitrogens is 1. The van der Waals surface area contributed by atoms with E-state index in [4.69, 9.17) is 21.5 Å². The second-order valence-corrected chi connectivity index (χ2v) is 3.33. The van der Waals surface area contributed by atoms with Crippen LogP contribution in [0.15, 0.2) is 29.6 Å². The zero-order valence-electron chi connectivity index (χ0n) is 7.99. The normalized spacial score (nSPS) is 12.0. The summed E-state index contributed by atoms with van der Waals surface area (Å²) in [4.78, 5) is 3.02. The first-order chi connectivity index (χ1) is 7.27. The molecule has 0 radical (unpaired) electrons. The molecule has 0 aliphatic heterocycles. The summed E-state index contributed by atoms with van der Waals surface area (Å²) in [5.74, 6) is 0.723. The Labute approximate surface area is 91.1 Å². The Morgan fingerprint density at radius 2 is 2.33 bits per heavy atom. The molecule has 1 aromatic carbocycles. The fourth-order valence-electron chi connectivity index (χ4n) is 1.52. The van der Waals surface area contributed by atoms with E-state index >= 15 is 0 Å². The SMILES string of the molecule is COc1cccc2c(C(Cl)=NO)c[nH]c12. The molecule has 0 unspecified atom stereocenters. The molecule has 2 rings (SSSR count). The van der Waals surface area contributed by atoms with E-state index in [1.807, 2.05) is 18.2 Å². The van der Waals surface area contributed by atoms with Gasteiger partial charge in [0.2, 0.25) is 0 Å². The second kappa shape index (κ2) is 3.82. The third-order valence-electron chi connectivity index (χ3n) is 2.21. The average molecular weight is 225 g/mol. The Balaban J connectivity index is 2.71. The molecule has 0 spiro atoms. The van der Waals surface area contributed by atoms with Gasteiger partial charge in [-0.3, -0.25) is 0 Å². The van der Waals surface area contributed by atoms with Crippen LogP contribution in [-0.4, -0.2) is 22.5 Å². The van der Waals surface area contributed by atoms with Crippen LogP contribution >= 0.6 is 11.6 Å². The number of fused-ring (bicyclic) bond motifs is 1. The summed E-state index contributed by atoms with van der Waals surface area (Å²) >= 11 is 5.75. The fraction of sp³-hybridized carbons (Fsp3) is 0.100. The summed E-state index contributed by atoms with van der Waals surface area (Å²) in [7, 11) is 1.59. The number of aromatic amines is 1. The summed E-state index contributed by atoms with van der Waals surface area (Å²) in [5, 5.41) is 12.5. The summed E-state index contributed by atoms with van der Waals surface area (Å²) in [6, 6.07) is 5.56. The first-order valence-electron chi connectivity index (χ1n) is 4.30. The summed E-state index contributed by atoms with van der Waals surface area (Å²) in [6.45, 7) is 0. The molecule has 1 heterocycles. The monoisotopic (exact) mass is 224 g/mol. The van der Waals surface area contributed by atoms with Crippen molar-refractivity contribution in [1.82, 2.24) is 4.98 Å². The number of oxime groups is 1. The van der Waals surface area contributed by atoms with E-state index < -0.39 is 0 Å². The number of halogens is 1. The van der Waals surface area contributed by atoms with E-state index in [2.05, 4.69) is 10.1 Å². The molecule has 5 heteroatoms. The number of ether oxygens (including phenoxy) is 1. The number of hydrogen-bond donors (Lipinski definition) is 2. The lowest BCUT2D eigenvalue weighted by atomic mass is 10.2. The van der Waals surface area contributed by atoms with Crippen molar-refractivity contribution in [2.45, 2.75) is 0 Å². The van der Waals surface area contributed by atoms with Crippen LogP contribution in [0.5, 0.6) is 5.75 Å². The number of methoxy groups -OCH3 is 1. The van der Waals surface area contributed by atoms with Crippen LogP contribution in [0.3, 0.4) is 0 Å². The van der Waals surface area contributed by atoms with E-state index in [0.717, 1.165) is 16.7 Å². The van der Waals surface area contributed by atoms with Crippen LogP contribution in [0.2, 0.25) is 0 Å². The smallest absolute Gasteiger partial charge is 0.177 e. The van der Waals surface area contributed by atoms with E-state index in [0.29, 0.717) is 5.56 Å². The van der Waals surface area contributed by atoms with Gasteiger partial charge in [-0.15, -0.1) is 0 Å². The molecule has 78 valence electrons. The molecule has 2 N–H and O–H groups in total. The highest BCUT2D eigenvalue weighted by Gasteiger charge is 2.10. The predicted molar refractivity (Wildman–Crippen MR) is 59.0 cm³/mol. The van der Waals surface area contributed by atoms with Gasteiger partial charge in [0.05, 0.1) is 12.6 Å². The maximum Gasteiger partial charge on any atom is 0.177 e.